The Bertz CT molecular complexity index is 931. The minimum Gasteiger partial charge on any atom is -0.392 e. The number of aryl methyl sites for hydroxylation is 3. The van der Waals surface area contributed by atoms with Crippen LogP contribution in [0.1, 0.15) is 47.2 Å². The molecule has 3 N–H and O–H groups in total. The van der Waals surface area contributed by atoms with Gasteiger partial charge in [-0.25, -0.2) is 4.98 Å². The van der Waals surface area contributed by atoms with Crippen LogP contribution in [0.2, 0.25) is 0 Å². The first-order valence-corrected chi connectivity index (χ1v) is 8.29. The van der Waals surface area contributed by atoms with Crippen molar-refractivity contribution in [3.05, 3.63) is 46.5 Å². The van der Waals surface area contributed by atoms with Gasteiger partial charge in [-0.2, -0.15) is 0 Å². The average Bonchev–Trinajstić information content (AvgIpc) is 2.90. The molecule has 0 aliphatic heterocycles. The summed E-state index contributed by atoms with van der Waals surface area (Å²) >= 11 is 0. The lowest BCUT2D eigenvalue weighted by Gasteiger charge is -2.27. The van der Waals surface area contributed by atoms with Gasteiger partial charge in [0.1, 0.15) is 0 Å². The van der Waals surface area contributed by atoms with Gasteiger partial charge in [0.15, 0.2) is 0 Å². The third-order valence-electron chi connectivity index (χ3n) is 4.89. The third kappa shape index (κ3) is 2.26. The molecule has 2 heterocycles. The minimum absolute atomic E-state index is 0.000384. The van der Waals surface area contributed by atoms with Crippen molar-refractivity contribution in [2.75, 3.05) is 5.73 Å². The van der Waals surface area contributed by atoms with Crippen LogP contribution in [0.3, 0.4) is 0 Å². The second-order valence-electron chi connectivity index (χ2n) is 6.46. The summed E-state index contributed by atoms with van der Waals surface area (Å²) in [5.41, 5.74) is 12.9. The number of aromatic nitrogens is 4. The van der Waals surface area contributed by atoms with E-state index in [4.69, 9.17) is 15.7 Å². The third-order valence-corrected chi connectivity index (χ3v) is 4.89. The highest BCUT2D eigenvalue weighted by Crippen LogP contribution is 2.35. The number of rotatable bonds is 2. The minimum atomic E-state index is 0.000384. The summed E-state index contributed by atoms with van der Waals surface area (Å²) in [6.07, 6.45) is 2.96. The molecule has 4 rings (SSSR count). The number of fused-ring (bicyclic) bond motifs is 2. The number of hydrogen-bond donors (Lipinski definition) is 2. The molecule has 0 fully saturated rings. The van der Waals surface area contributed by atoms with E-state index in [1.54, 1.807) is 0 Å². The Morgan fingerprint density at radius 1 is 1.21 bits per heavy atom. The van der Waals surface area contributed by atoms with E-state index < -0.39 is 0 Å². The highest BCUT2D eigenvalue weighted by molar-refractivity contribution is 5.79. The summed E-state index contributed by atoms with van der Waals surface area (Å²) in [7, 11) is 0. The van der Waals surface area contributed by atoms with Crippen LogP contribution in [0.5, 0.6) is 0 Å². The van der Waals surface area contributed by atoms with Crippen LogP contribution in [0.4, 0.5) is 5.95 Å². The molecule has 0 saturated carbocycles. The lowest BCUT2D eigenvalue weighted by atomic mass is 9.94. The molecule has 1 atom stereocenters. The fourth-order valence-corrected chi connectivity index (χ4v) is 3.55. The molecular formula is C18H21N5O. The molecule has 6 nitrogen and oxygen atoms in total. The highest BCUT2D eigenvalue weighted by Gasteiger charge is 2.28. The molecule has 0 saturated heterocycles. The smallest absolute Gasteiger partial charge is 0.201 e. The first-order valence-electron chi connectivity index (χ1n) is 8.29. The predicted molar refractivity (Wildman–Crippen MR) is 92.7 cm³/mol. The number of nitrogen functional groups attached to an aromatic ring is 1. The Kier molecular flexibility index (Phi) is 3.49. The second-order valence-corrected chi connectivity index (χ2v) is 6.46. The molecule has 1 aliphatic rings. The SMILES string of the molecule is Cc1nc2c(nc1C)C(n1c(N)nc3ccc(CO)cc31)CCC2. The topological polar surface area (TPSA) is 89.9 Å². The number of anilines is 1. The van der Waals surface area contributed by atoms with Crippen LogP contribution in [-0.4, -0.2) is 24.6 Å². The van der Waals surface area contributed by atoms with Crippen LogP contribution < -0.4 is 5.73 Å². The molecule has 0 bridgehead atoms. The number of aliphatic hydroxyl groups excluding tert-OH is 1. The summed E-state index contributed by atoms with van der Waals surface area (Å²) in [6, 6.07) is 5.78. The van der Waals surface area contributed by atoms with E-state index in [2.05, 4.69) is 9.55 Å². The maximum absolute atomic E-state index is 9.45. The normalized spacial score (nSPS) is 17.2. The van der Waals surface area contributed by atoms with Crippen molar-refractivity contribution in [1.29, 1.82) is 0 Å². The molecule has 0 amide bonds. The Morgan fingerprint density at radius 2 is 2.00 bits per heavy atom. The number of nitrogens with two attached hydrogens (primary N) is 1. The molecule has 124 valence electrons. The summed E-state index contributed by atoms with van der Waals surface area (Å²) < 4.78 is 2.05. The van der Waals surface area contributed by atoms with Crippen LogP contribution in [-0.2, 0) is 13.0 Å². The number of aliphatic hydroxyl groups is 1. The van der Waals surface area contributed by atoms with E-state index in [0.717, 1.165) is 58.6 Å². The largest absolute Gasteiger partial charge is 0.392 e. The van der Waals surface area contributed by atoms with Gasteiger partial charge in [0.2, 0.25) is 5.95 Å². The molecule has 24 heavy (non-hydrogen) atoms. The van der Waals surface area contributed by atoms with Crippen LogP contribution in [0.25, 0.3) is 11.0 Å². The van der Waals surface area contributed by atoms with Gasteiger partial charge in [-0.1, -0.05) is 6.07 Å². The molecule has 1 aliphatic carbocycles. The zero-order valence-electron chi connectivity index (χ0n) is 14.0. The molecule has 0 spiro atoms. The van der Waals surface area contributed by atoms with E-state index in [1.165, 1.54) is 0 Å². The van der Waals surface area contributed by atoms with Crippen molar-refractivity contribution in [2.45, 2.75) is 45.8 Å². The maximum Gasteiger partial charge on any atom is 0.201 e. The zero-order valence-corrected chi connectivity index (χ0v) is 14.0. The number of benzene rings is 1. The van der Waals surface area contributed by atoms with Gasteiger partial charge in [-0.3, -0.25) is 9.97 Å². The monoisotopic (exact) mass is 323 g/mol. The van der Waals surface area contributed by atoms with Crippen molar-refractivity contribution in [2.24, 2.45) is 0 Å². The second kappa shape index (κ2) is 5.56. The summed E-state index contributed by atoms with van der Waals surface area (Å²) in [5, 5.41) is 9.45. The molecule has 0 radical (unpaired) electrons. The van der Waals surface area contributed by atoms with Gasteiger partial charge in [-0.05, 0) is 50.8 Å². The standard InChI is InChI=1S/C18H21N5O/c1-10-11(2)21-17-14(20-10)4-3-5-15(17)23-16-8-12(9-24)6-7-13(16)22-18(23)19/h6-8,15,24H,3-5,9H2,1-2H3,(H2,19,22). The fourth-order valence-electron chi connectivity index (χ4n) is 3.55. The van der Waals surface area contributed by atoms with E-state index in [-0.39, 0.29) is 12.6 Å². The molecule has 1 aromatic carbocycles. The number of nitrogens with zero attached hydrogens (tertiary/aromatic N) is 4. The fraction of sp³-hybridized carbons (Fsp3) is 0.389. The van der Waals surface area contributed by atoms with Gasteiger partial charge < -0.3 is 15.4 Å². The Balaban J connectivity index is 1.93. The Morgan fingerprint density at radius 3 is 2.79 bits per heavy atom. The molecule has 6 heteroatoms. The molecular weight excluding hydrogens is 302 g/mol. The quantitative estimate of drug-likeness (QED) is 0.756. The van der Waals surface area contributed by atoms with Crippen molar-refractivity contribution < 1.29 is 5.11 Å². The first-order chi connectivity index (χ1) is 11.6. The van der Waals surface area contributed by atoms with Crippen molar-refractivity contribution in [3.8, 4) is 0 Å². The van der Waals surface area contributed by atoms with Crippen LogP contribution in [0.15, 0.2) is 18.2 Å². The lowest BCUT2D eigenvalue weighted by Crippen LogP contribution is -2.22. The zero-order chi connectivity index (χ0) is 16.8. The summed E-state index contributed by atoms with van der Waals surface area (Å²) in [4.78, 5) is 14.1. The van der Waals surface area contributed by atoms with Gasteiger partial charge in [-0.15, -0.1) is 0 Å². The predicted octanol–water partition coefficient (Wildman–Crippen LogP) is 2.44. The van der Waals surface area contributed by atoms with Gasteiger partial charge in [0.25, 0.3) is 0 Å². The average molecular weight is 323 g/mol. The van der Waals surface area contributed by atoms with E-state index >= 15 is 0 Å². The van der Waals surface area contributed by atoms with Gasteiger partial charge in [0, 0.05) is 0 Å². The lowest BCUT2D eigenvalue weighted by molar-refractivity contribution is 0.282. The summed E-state index contributed by atoms with van der Waals surface area (Å²) in [6.45, 7) is 3.99. The number of hydrogen-bond acceptors (Lipinski definition) is 5. The van der Waals surface area contributed by atoms with Gasteiger partial charge in [0.05, 0.1) is 46.5 Å². The van der Waals surface area contributed by atoms with E-state index in [9.17, 15) is 5.11 Å². The first kappa shape index (κ1) is 15.1. The molecule has 2 aromatic heterocycles. The Labute approximate surface area is 140 Å². The molecule has 3 aromatic rings. The van der Waals surface area contributed by atoms with E-state index in [0.29, 0.717) is 5.95 Å². The Hall–Kier alpha value is -2.47. The van der Waals surface area contributed by atoms with E-state index in [1.807, 2.05) is 32.0 Å². The van der Waals surface area contributed by atoms with Crippen molar-refractivity contribution >= 4 is 17.0 Å². The van der Waals surface area contributed by atoms with Gasteiger partial charge >= 0.3 is 0 Å². The summed E-state index contributed by atoms with van der Waals surface area (Å²) in [5.74, 6) is 0.484. The van der Waals surface area contributed by atoms with Crippen molar-refractivity contribution in [3.63, 3.8) is 0 Å². The van der Waals surface area contributed by atoms with Crippen LogP contribution >= 0.6 is 0 Å². The highest BCUT2D eigenvalue weighted by atomic mass is 16.3. The van der Waals surface area contributed by atoms with Crippen LogP contribution in [0, 0.1) is 13.8 Å². The van der Waals surface area contributed by atoms with Crippen molar-refractivity contribution in [1.82, 2.24) is 19.5 Å². The molecule has 1 unspecified atom stereocenters. The maximum atomic E-state index is 9.45. The number of imidazole rings is 1.